The van der Waals surface area contributed by atoms with Crippen LogP contribution in [0, 0.1) is 13.8 Å². The number of aromatic nitrogens is 3. The highest BCUT2D eigenvalue weighted by molar-refractivity contribution is 6.30. The highest BCUT2D eigenvalue weighted by Gasteiger charge is 2.12. The first-order valence-electron chi connectivity index (χ1n) is 6.01. The third-order valence-corrected chi connectivity index (χ3v) is 3.47. The van der Waals surface area contributed by atoms with Crippen LogP contribution >= 0.6 is 11.6 Å². The van der Waals surface area contributed by atoms with Crippen LogP contribution in [0.25, 0.3) is 22.2 Å². The van der Waals surface area contributed by atoms with Gasteiger partial charge in [-0.3, -0.25) is 4.98 Å². The van der Waals surface area contributed by atoms with Gasteiger partial charge in [0.15, 0.2) is 0 Å². The maximum atomic E-state index is 6.15. The molecule has 0 amide bonds. The number of aryl methyl sites for hydroxylation is 1. The molecule has 3 aromatic rings. The Balaban J connectivity index is 2.37. The second kappa shape index (κ2) is 4.59. The molecule has 3 nitrogen and oxygen atoms in total. The summed E-state index contributed by atoms with van der Waals surface area (Å²) in [6, 6.07) is 9.98. The summed E-state index contributed by atoms with van der Waals surface area (Å²) in [6.45, 7) is 3.78. The molecule has 3 rings (SSSR count). The zero-order valence-corrected chi connectivity index (χ0v) is 11.4. The molecule has 0 aliphatic carbocycles. The predicted octanol–water partition coefficient (Wildman–Crippen LogP) is 3.96. The van der Waals surface area contributed by atoms with Crippen molar-refractivity contribution in [1.82, 2.24) is 15.0 Å². The third-order valence-electron chi connectivity index (χ3n) is 3.10. The summed E-state index contributed by atoms with van der Waals surface area (Å²) < 4.78 is 0. The Morgan fingerprint density at radius 1 is 1.00 bits per heavy atom. The highest BCUT2D eigenvalue weighted by Crippen LogP contribution is 2.30. The van der Waals surface area contributed by atoms with Crippen LogP contribution in [0.1, 0.15) is 11.4 Å². The second-order valence-corrected chi connectivity index (χ2v) is 4.77. The van der Waals surface area contributed by atoms with E-state index in [0.717, 1.165) is 27.7 Å². The number of halogens is 1. The number of fused-ring (bicyclic) bond motifs is 1. The van der Waals surface area contributed by atoms with Crippen molar-refractivity contribution in [2.75, 3.05) is 0 Å². The molecular formula is C15H12ClN3. The van der Waals surface area contributed by atoms with E-state index in [0.29, 0.717) is 11.0 Å². The van der Waals surface area contributed by atoms with Crippen LogP contribution in [0.5, 0.6) is 0 Å². The lowest BCUT2D eigenvalue weighted by atomic mass is 10.0. The molecule has 0 atom stereocenters. The van der Waals surface area contributed by atoms with Crippen LogP contribution in [0.2, 0.25) is 5.15 Å². The van der Waals surface area contributed by atoms with Gasteiger partial charge in [-0.05, 0) is 26.0 Å². The average molecular weight is 270 g/mol. The normalized spacial score (nSPS) is 10.9. The van der Waals surface area contributed by atoms with E-state index in [1.807, 2.05) is 44.2 Å². The number of pyridine rings is 1. The minimum atomic E-state index is 0.503. The van der Waals surface area contributed by atoms with E-state index in [2.05, 4.69) is 15.0 Å². The lowest BCUT2D eigenvalue weighted by Gasteiger charge is -2.10. The molecule has 2 heterocycles. The van der Waals surface area contributed by atoms with Gasteiger partial charge in [0.25, 0.3) is 0 Å². The fraction of sp³-hybridized carbons (Fsp3) is 0.133. The van der Waals surface area contributed by atoms with Gasteiger partial charge in [0.05, 0.1) is 11.2 Å². The van der Waals surface area contributed by atoms with Crippen LogP contribution in [0.15, 0.2) is 36.5 Å². The minimum Gasteiger partial charge on any atom is -0.256 e. The Morgan fingerprint density at radius 2 is 1.84 bits per heavy atom. The summed E-state index contributed by atoms with van der Waals surface area (Å²) in [4.78, 5) is 13.1. The van der Waals surface area contributed by atoms with Crippen molar-refractivity contribution < 1.29 is 0 Å². The number of hydrogen-bond acceptors (Lipinski definition) is 3. The van der Waals surface area contributed by atoms with Crippen molar-refractivity contribution in [2.45, 2.75) is 13.8 Å². The first-order chi connectivity index (χ1) is 9.16. The summed E-state index contributed by atoms with van der Waals surface area (Å²) in [5, 5.41) is 1.57. The van der Waals surface area contributed by atoms with E-state index in [1.54, 1.807) is 6.20 Å². The molecule has 0 unspecified atom stereocenters. The molecule has 0 aliphatic rings. The molecule has 2 aromatic heterocycles. The third kappa shape index (κ3) is 2.06. The van der Waals surface area contributed by atoms with Crippen LogP contribution in [0.4, 0.5) is 0 Å². The SMILES string of the molecule is Cc1nc(Cl)c(C)c(-c2cccc3ncccc23)n1. The lowest BCUT2D eigenvalue weighted by Crippen LogP contribution is -1.97. The quantitative estimate of drug-likeness (QED) is 0.628. The first kappa shape index (κ1) is 12.1. The van der Waals surface area contributed by atoms with E-state index < -0.39 is 0 Å². The number of hydrogen-bond donors (Lipinski definition) is 0. The zero-order chi connectivity index (χ0) is 13.4. The van der Waals surface area contributed by atoms with Crippen molar-refractivity contribution in [3.8, 4) is 11.3 Å². The van der Waals surface area contributed by atoms with Gasteiger partial charge in [-0.15, -0.1) is 0 Å². The summed E-state index contributed by atoms with van der Waals surface area (Å²) in [6.07, 6.45) is 1.79. The zero-order valence-electron chi connectivity index (χ0n) is 10.7. The Hall–Kier alpha value is -2.00. The van der Waals surface area contributed by atoms with Gasteiger partial charge in [0.1, 0.15) is 11.0 Å². The maximum Gasteiger partial charge on any atom is 0.136 e. The Bertz CT molecular complexity index is 763. The van der Waals surface area contributed by atoms with Crippen molar-refractivity contribution in [2.24, 2.45) is 0 Å². The van der Waals surface area contributed by atoms with Crippen molar-refractivity contribution in [3.63, 3.8) is 0 Å². The largest absolute Gasteiger partial charge is 0.256 e. The number of rotatable bonds is 1. The fourth-order valence-corrected chi connectivity index (χ4v) is 2.38. The molecule has 4 heteroatoms. The molecule has 0 aliphatic heterocycles. The van der Waals surface area contributed by atoms with Crippen molar-refractivity contribution in [3.05, 3.63) is 53.1 Å². The van der Waals surface area contributed by atoms with Gasteiger partial charge in [-0.25, -0.2) is 9.97 Å². The van der Waals surface area contributed by atoms with Gasteiger partial charge >= 0.3 is 0 Å². The molecule has 0 fully saturated rings. The molecule has 0 saturated heterocycles. The molecular weight excluding hydrogens is 258 g/mol. The van der Waals surface area contributed by atoms with Crippen molar-refractivity contribution in [1.29, 1.82) is 0 Å². The summed E-state index contributed by atoms with van der Waals surface area (Å²) >= 11 is 6.15. The highest BCUT2D eigenvalue weighted by atomic mass is 35.5. The van der Waals surface area contributed by atoms with E-state index in [-0.39, 0.29) is 0 Å². The topological polar surface area (TPSA) is 38.7 Å². The summed E-state index contributed by atoms with van der Waals surface area (Å²) in [5.41, 5.74) is 3.75. The fourth-order valence-electron chi connectivity index (χ4n) is 2.17. The van der Waals surface area contributed by atoms with Gasteiger partial charge < -0.3 is 0 Å². The Morgan fingerprint density at radius 3 is 2.68 bits per heavy atom. The molecule has 1 aromatic carbocycles. The maximum absolute atomic E-state index is 6.15. The molecule has 0 spiro atoms. The van der Waals surface area contributed by atoms with E-state index in [4.69, 9.17) is 11.6 Å². The molecule has 0 bridgehead atoms. The van der Waals surface area contributed by atoms with Crippen LogP contribution in [0.3, 0.4) is 0 Å². The van der Waals surface area contributed by atoms with E-state index in [1.165, 1.54) is 0 Å². The summed E-state index contributed by atoms with van der Waals surface area (Å²) in [7, 11) is 0. The molecule has 94 valence electrons. The average Bonchev–Trinajstić information content (AvgIpc) is 2.42. The van der Waals surface area contributed by atoms with Crippen molar-refractivity contribution >= 4 is 22.5 Å². The molecule has 0 N–H and O–H groups in total. The van der Waals surface area contributed by atoms with Crippen LogP contribution in [-0.2, 0) is 0 Å². The van der Waals surface area contributed by atoms with E-state index in [9.17, 15) is 0 Å². The number of nitrogens with zero attached hydrogens (tertiary/aromatic N) is 3. The molecule has 0 radical (unpaired) electrons. The minimum absolute atomic E-state index is 0.503. The summed E-state index contributed by atoms with van der Waals surface area (Å²) in [5.74, 6) is 0.673. The molecule has 0 saturated carbocycles. The van der Waals surface area contributed by atoms with Gasteiger partial charge in [0.2, 0.25) is 0 Å². The first-order valence-corrected chi connectivity index (χ1v) is 6.39. The Kier molecular flexibility index (Phi) is 2.91. The van der Waals surface area contributed by atoms with Crippen LogP contribution < -0.4 is 0 Å². The van der Waals surface area contributed by atoms with Crippen LogP contribution in [-0.4, -0.2) is 15.0 Å². The van der Waals surface area contributed by atoms with Gasteiger partial charge in [-0.1, -0.05) is 29.8 Å². The standard InChI is InChI=1S/C15H12ClN3/c1-9-14(18-10(2)19-15(9)16)12-5-3-7-13-11(12)6-4-8-17-13/h3-8H,1-2H3. The molecule has 19 heavy (non-hydrogen) atoms. The van der Waals surface area contributed by atoms with Gasteiger partial charge in [0, 0.05) is 22.7 Å². The number of benzene rings is 1. The van der Waals surface area contributed by atoms with Gasteiger partial charge in [-0.2, -0.15) is 0 Å². The Labute approximate surface area is 116 Å². The monoisotopic (exact) mass is 269 g/mol. The second-order valence-electron chi connectivity index (χ2n) is 4.41. The smallest absolute Gasteiger partial charge is 0.136 e. The predicted molar refractivity (Wildman–Crippen MR) is 77.3 cm³/mol. The lowest BCUT2D eigenvalue weighted by molar-refractivity contribution is 1.04. The van der Waals surface area contributed by atoms with E-state index >= 15 is 0 Å².